The molecule has 1 fully saturated rings. The standard InChI is InChI=1S/C16H25N3O/c1-4-17-15-11-12-19(16(15)20)14-9-7-13(8-10-14)18(5-2)6-3/h7-10,15,17H,4-6,11-12H2,1-3H3. The highest BCUT2D eigenvalue weighted by atomic mass is 16.2. The quantitative estimate of drug-likeness (QED) is 0.865. The SMILES string of the molecule is CCNC1CCN(c2ccc(N(CC)CC)cc2)C1=O. The molecule has 1 aliphatic heterocycles. The van der Waals surface area contributed by atoms with Crippen LogP contribution in [0.3, 0.4) is 0 Å². The summed E-state index contributed by atoms with van der Waals surface area (Å²) < 4.78 is 0. The number of hydrogen-bond acceptors (Lipinski definition) is 3. The molecule has 4 heteroatoms. The Bertz CT molecular complexity index is 440. The lowest BCUT2D eigenvalue weighted by atomic mass is 10.2. The van der Waals surface area contributed by atoms with Crippen LogP contribution in [0.4, 0.5) is 11.4 Å². The third-order valence-corrected chi connectivity index (χ3v) is 3.95. The summed E-state index contributed by atoms with van der Waals surface area (Å²) in [5.41, 5.74) is 2.22. The van der Waals surface area contributed by atoms with Crippen LogP contribution in [0.25, 0.3) is 0 Å². The zero-order valence-corrected chi connectivity index (χ0v) is 12.7. The molecule has 1 N–H and O–H groups in total. The van der Waals surface area contributed by atoms with E-state index in [1.54, 1.807) is 0 Å². The minimum atomic E-state index is -0.0116. The van der Waals surface area contributed by atoms with Gasteiger partial charge in [0.2, 0.25) is 5.91 Å². The van der Waals surface area contributed by atoms with Gasteiger partial charge in [0.05, 0.1) is 6.04 Å². The van der Waals surface area contributed by atoms with Gasteiger partial charge in [-0.2, -0.15) is 0 Å². The molecule has 110 valence electrons. The van der Waals surface area contributed by atoms with Crippen LogP contribution in [0, 0.1) is 0 Å². The topological polar surface area (TPSA) is 35.6 Å². The van der Waals surface area contributed by atoms with Gasteiger partial charge in [-0.25, -0.2) is 0 Å². The fourth-order valence-electron chi connectivity index (χ4n) is 2.80. The first kappa shape index (κ1) is 14.9. The summed E-state index contributed by atoms with van der Waals surface area (Å²) in [5.74, 6) is 0.197. The van der Waals surface area contributed by atoms with Gasteiger partial charge >= 0.3 is 0 Å². The molecule has 2 rings (SSSR count). The number of hydrogen-bond donors (Lipinski definition) is 1. The second-order valence-corrected chi connectivity index (χ2v) is 5.08. The van der Waals surface area contributed by atoms with E-state index >= 15 is 0 Å². The van der Waals surface area contributed by atoms with Crippen molar-refractivity contribution >= 4 is 17.3 Å². The Morgan fingerprint density at radius 3 is 2.40 bits per heavy atom. The van der Waals surface area contributed by atoms with Gasteiger partial charge in [0.1, 0.15) is 0 Å². The van der Waals surface area contributed by atoms with Gasteiger partial charge in [0, 0.05) is 31.0 Å². The van der Waals surface area contributed by atoms with Gasteiger partial charge in [-0.3, -0.25) is 4.79 Å². The maximum Gasteiger partial charge on any atom is 0.244 e. The average molecular weight is 275 g/mol. The molecule has 1 heterocycles. The number of carbonyl (C=O) groups excluding carboxylic acids is 1. The number of nitrogens with one attached hydrogen (secondary N) is 1. The molecule has 1 saturated heterocycles. The Morgan fingerprint density at radius 1 is 1.20 bits per heavy atom. The molecule has 4 nitrogen and oxygen atoms in total. The zero-order valence-electron chi connectivity index (χ0n) is 12.7. The molecule has 0 saturated carbocycles. The molecular weight excluding hydrogens is 250 g/mol. The third kappa shape index (κ3) is 2.96. The lowest BCUT2D eigenvalue weighted by Crippen LogP contribution is -2.38. The largest absolute Gasteiger partial charge is 0.372 e. The predicted octanol–water partition coefficient (Wildman–Crippen LogP) is 2.25. The van der Waals surface area contributed by atoms with Crippen LogP contribution in [0.2, 0.25) is 0 Å². The van der Waals surface area contributed by atoms with Gasteiger partial charge in [-0.15, -0.1) is 0 Å². The van der Waals surface area contributed by atoms with Crippen LogP contribution < -0.4 is 15.1 Å². The number of anilines is 2. The van der Waals surface area contributed by atoms with Gasteiger partial charge in [-0.1, -0.05) is 6.92 Å². The van der Waals surface area contributed by atoms with Crippen molar-refractivity contribution in [1.29, 1.82) is 0 Å². The second kappa shape index (κ2) is 6.75. The molecule has 0 aromatic heterocycles. The molecule has 1 atom stereocenters. The summed E-state index contributed by atoms with van der Waals surface area (Å²) >= 11 is 0. The minimum absolute atomic E-state index is 0.0116. The first-order chi connectivity index (χ1) is 9.71. The number of benzene rings is 1. The van der Waals surface area contributed by atoms with Crippen LogP contribution in [0.5, 0.6) is 0 Å². The number of amides is 1. The number of rotatable bonds is 6. The van der Waals surface area contributed by atoms with Crippen molar-refractivity contribution in [2.24, 2.45) is 0 Å². The maximum atomic E-state index is 12.3. The Morgan fingerprint density at radius 2 is 1.85 bits per heavy atom. The Hall–Kier alpha value is -1.55. The Labute approximate surface area is 121 Å². The van der Waals surface area contributed by atoms with E-state index < -0.39 is 0 Å². The smallest absolute Gasteiger partial charge is 0.244 e. The lowest BCUT2D eigenvalue weighted by Gasteiger charge is -2.22. The predicted molar refractivity (Wildman–Crippen MR) is 84.4 cm³/mol. The first-order valence-corrected chi connectivity index (χ1v) is 7.61. The molecular formula is C16H25N3O. The van der Waals surface area contributed by atoms with Crippen molar-refractivity contribution in [1.82, 2.24) is 5.32 Å². The highest BCUT2D eigenvalue weighted by molar-refractivity contribution is 5.99. The van der Waals surface area contributed by atoms with Crippen LogP contribution in [0.1, 0.15) is 27.2 Å². The van der Waals surface area contributed by atoms with Gasteiger partial charge in [0.15, 0.2) is 0 Å². The second-order valence-electron chi connectivity index (χ2n) is 5.08. The number of nitrogens with zero attached hydrogens (tertiary/aromatic N) is 2. The van der Waals surface area contributed by atoms with E-state index in [4.69, 9.17) is 0 Å². The average Bonchev–Trinajstić information content (AvgIpc) is 2.83. The molecule has 1 amide bonds. The molecule has 1 aliphatic rings. The fraction of sp³-hybridized carbons (Fsp3) is 0.562. The van der Waals surface area contributed by atoms with Gasteiger partial charge < -0.3 is 15.1 Å². The van der Waals surface area contributed by atoms with Gasteiger partial charge in [0.25, 0.3) is 0 Å². The Kier molecular flexibility index (Phi) is 5.01. The van der Waals surface area contributed by atoms with Crippen LogP contribution in [-0.2, 0) is 4.79 Å². The lowest BCUT2D eigenvalue weighted by molar-refractivity contribution is -0.118. The van der Waals surface area contributed by atoms with Gasteiger partial charge in [-0.05, 0) is 51.1 Å². The number of carbonyl (C=O) groups is 1. The van der Waals surface area contributed by atoms with Crippen molar-refractivity contribution < 1.29 is 4.79 Å². The molecule has 0 bridgehead atoms. The van der Waals surface area contributed by atoms with Crippen molar-refractivity contribution in [3.8, 4) is 0 Å². The van der Waals surface area contributed by atoms with Crippen molar-refractivity contribution in [3.63, 3.8) is 0 Å². The molecule has 0 aliphatic carbocycles. The molecule has 20 heavy (non-hydrogen) atoms. The molecule has 0 radical (unpaired) electrons. The van der Waals surface area contributed by atoms with Crippen LogP contribution in [0.15, 0.2) is 24.3 Å². The van der Waals surface area contributed by atoms with E-state index in [-0.39, 0.29) is 11.9 Å². The fourth-order valence-corrected chi connectivity index (χ4v) is 2.80. The molecule has 0 spiro atoms. The third-order valence-electron chi connectivity index (χ3n) is 3.95. The van der Waals surface area contributed by atoms with E-state index in [0.29, 0.717) is 0 Å². The summed E-state index contributed by atoms with van der Waals surface area (Å²) in [6.07, 6.45) is 0.893. The monoisotopic (exact) mass is 275 g/mol. The van der Waals surface area contributed by atoms with E-state index in [9.17, 15) is 4.79 Å². The van der Waals surface area contributed by atoms with E-state index in [0.717, 1.165) is 38.3 Å². The van der Waals surface area contributed by atoms with Crippen molar-refractivity contribution in [2.75, 3.05) is 36.0 Å². The van der Waals surface area contributed by atoms with Crippen LogP contribution in [-0.4, -0.2) is 38.1 Å². The zero-order chi connectivity index (χ0) is 14.5. The summed E-state index contributed by atoms with van der Waals surface area (Å²) in [4.78, 5) is 16.5. The summed E-state index contributed by atoms with van der Waals surface area (Å²) in [6, 6.07) is 8.31. The van der Waals surface area contributed by atoms with Crippen molar-refractivity contribution in [2.45, 2.75) is 33.2 Å². The van der Waals surface area contributed by atoms with E-state index in [1.807, 2.05) is 11.8 Å². The molecule has 1 aromatic carbocycles. The summed E-state index contributed by atoms with van der Waals surface area (Å²) in [7, 11) is 0. The van der Waals surface area contributed by atoms with Crippen molar-refractivity contribution in [3.05, 3.63) is 24.3 Å². The van der Waals surface area contributed by atoms with Crippen LogP contribution >= 0.6 is 0 Å². The summed E-state index contributed by atoms with van der Waals surface area (Å²) in [5, 5.41) is 3.24. The molecule has 1 aromatic rings. The number of likely N-dealkylation sites (N-methyl/N-ethyl adjacent to an activating group) is 1. The normalized spacial score (nSPS) is 18.6. The summed E-state index contributed by atoms with van der Waals surface area (Å²) in [6.45, 7) is 9.99. The first-order valence-electron chi connectivity index (χ1n) is 7.61. The van der Waals surface area contributed by atoms with E-state index in [2.05, 4.69) is 48.3 Å². The maximum absolute atomic E-state index is 12.3. The minimum Gasteiger partial charge on any atom is -0.372 e. The highest BCUT2D eigenvalue weighted by Crippen LogP contribution is 2.24. The van der Waals surface area contributed by atoms with E-state index in [1.165, 1.54) is 5.69 Å². The highest BCUT2D eigenvalue weighted by Gasteiger charge is 2.31. The molecule has 1 unspecified atom stereocenters. The Balaban J connectivity index is 2.09.